The molecule has 0 spiro atoms. The fraction of sp³-hybridized carbons (Fsp3) is 0.833. The number of nitrogens with two attached hydrogens (primary N) is 1. The van der Waals surface area contributed by atoms with Crippen LogP contribution >= 0.6 is 0 Å². The first-order valence-corrected chi connectivity index (χ1v) is 5.71. The molecule has 3 rings (SSSR count). The molecule has 72 valence electrons. The van der Waals surface area contributed by atoms with Crippen LogP contribution in [0.25, 0.3) is 0 Å². The van der Waals surface area contributed by atoms with Crippen molar-refractivity contribution in [1.29, 1.82) is 0 Å². The van der Waals surface area contributed by atoms with Crippen LogP contribution in [-0.4, -0.2) is 5.54 Å². The van der Waals surface area contributed by atoms with Crippen molar-refractivity contribution in [2.24, 2.45) is 17.1 Å². The minimum Gasteiger partial charge on any atom is -0.325 e. The Morgan fingerprint density at radius 2 is 1.85 bits per heavy atom. The summed E-state index contributed by atoms with van der Waals surface area (Å²) in [6, 6.07) is 0. The Morgan fingerprint density at radius 1 is 1.08 bits per heavy atom. The van der Waals surface area contributed by atoms with E-state index in [0.717, 1.165) is 5.92 Å². The third kappa shape index (κ3) is 1.03. The van der Waals surface area contributed by atoms with Crippen LogP contribution in [0.2, 0.25) is 0 Å². The van der Waals surface area contributed by atoms with E-state index in [0.29, 0.717) is 5.41 Å². The minimum atomic E-state index is 0.281. The summed E-state index contributed by atoms with van der Waals surface area (Å²) in [5, 5.41) is 0. The van der Waals surface area contributed by atoms with Gasteiger partial charge in [0.1, 0.15) is 0 Å². The lowest BCUT2D eigenvalue weighted by atomic mass is 9.75. The van der Waals surface area contributed by atoms with Crippen LogP contribution in [0.5, 0.6) is 0 Å². The fourth-order valence-corrected chi connectivity index (χ4v) is 3.38. The molecule has 0 radical (unpaired) electrons. The van der Waals surface area contributed by atoms with Gasteiger partial charge in [-0.25, -0.2) is 0 Å². The van der Waals surface area contributed by atoms with Crippen molar-refractivity contribution < 1.29 is 0 Å². The second-order valence-corrected chi connectivity index (χ2v) is 5.29. The predicted molar refractivity (Wildman–Crippen MR) is 54.3 cm³/mol. The lowest BCUT2D eigenvalue weighted by molar-refractivity contribution is 0.222. The molecular formula is C12H19N. The minimum absolute atomic E-state index is 0.281. The zero-order chi connectivity index (χ0) is 8.94. The third-order valence-corrected chi connectivity index (χ3v) is 4.62. The zero-order valence-corrected chi connectivity index (χ0v) is 8.26. The Hall–Kier alpha value is -0.300. The third-order valence-electron chi connectivity index (χ3n) is 4.62. The Balaban J connectivity index is 1.80. The second-order valence-electron chi connectivity index (χ2n) is 5.29. The summed E-state index contributed by atoms with van der Waals surface area (Å²) >= 11 is 0. The highest BCUT2D eigenvalue weighted by Gasteiger charge is 2.65. The standard InChI is InChI=1S/C12H19N/c13-12(8-9-12)11(6-7-11)10-4-2-1-3-5-10/h1-2,10H,3-9,13H2. The zero-order valence-electron chi connectivity index (χ0n) is 8.26. The second kappa shape index (κ2) is 2.38. The van der Waals surface area contributed by atoms with Crippen LogP contribution in [0, 0.1) is 11.3 Å². The molecule has 0 heterocycles. The highest BCUT2D eigenvalue weighted by Crippen LogP contribution is 2.68. The molecule has 1 atom stereocenters. The number of hydrogen-bond acceptors (Lipinski definition) is 1. The molecule has 3 aliphatic rings. The molecule has 3 aliphatic carbocycles. The highest BCUT2D eigenvalue weighted by molar-refractivity contribution is 5.22. The van der Waals surface area contributed by atoms with Crippen molar-refractivity contribution >= 4 is 0 Å². The molecule has 0 aromatic rings. The van der Waals surface area contributed by atoms with Crippen LogP contribution in [0.15, 0.2) is 12.2 Å². The van der Waals surface area contributed by atoms with Gasteiger partial charge in [0.25, 0.3) is 0 Å². The van der Waals surface area contributed by atoms with E-state index in [-0.39, 0.29) is 5.54 Å². The van der Waals surface area contributed by atoms with E-state index in [4.69, 9.17) is 5.73 Å². The van der Waals surface area contributed by atoms with Gasteiger partial charge in [0.15, 0.2) is 0 Å². The molecule has 1 unspecified atom stereocenters. The van der Waals surface area contributed by atoms with Crippen LogP contribution in [-0.2, 0) is 0 Å². The van der Waals surface area contributed by atoms with Gasteiger partial charge >= 0.3 is 0 Å². The summed E-state index contributed by atoms with van der Waals surface area (Å²) in [6.07, 6.45) is 14.1. The summed E-state index contributed by atoms with van der Waals surface area (Å²) in [6.45, 7) is 0. The SMILES string of the molecule is NC1(C2(C3CC=CCC3)CC2)CC1. The molecule has 13 heavy (non-hydrogen) atoms. The quantitative estimate of drug-likeness (QED) is 0.645. The van der Waals surface area contributed by atoms with Gasteiger partial charge in [0, 0.05) is 5.54 Å². The summed E-state index contributed by atoms with van der Waals surface area (Å²) in [5.41, 5.74) is 7.27. The molecule has 2 N–H and O–H groups in total. The smallest absolute Gasteiger partial charge is 0.0215 e. The van der Waals surface area contributed by atoms with Crippen LogP contribution in [0.4, 0.5) is 0 Å². The van der Waals surface area contributed by atoms with Crippen molar-refractivity contribution in [2.75, 3.05) is 0 Å². The summed E-state index contributed by atoms with van der Waals surface area (Å²) in [4.78, 5) is 0. The molecule has 0 bridgehead atoms. The van der Waals surface area contributed by atoms with Crippen molar-refractivity contribution in [3.05, 3.63) is 12.2 Å². The topological polar surface area (TPSA) is 26.0 Å². The van der Waals surface area contributed by atoms with Crippen LogP contribution < -0.4 is 5.73 Å². The lowest BCUT2D eigenvalue weighted by Crippen LogP contribution is -2.39. The van der Waals surface area contributed by atoms with Crippen molar-refractivity contribution in [3.8, 4) is 0 Å². The fourth-order valence-electron chi connectivity index (χ4n) is 3.38. The average molecular weight is 177 g/mol. The Morgan fingerprint density at radius 3 is 2.31 bits per heavy atom. The van der Waals surface area contributed by atoms with Gasteiger partial charge in [-0.05, 0) is 56.3 Å². The Bertz CT molecular complexity index is 246. The van der Waals surface area contributed by atoms with Gasteiger partial charge in [-0.3, -0.25) is 0 Å². The first-order chi connectivity index (χ1) is 6.27. The number of allylic oxidation sites excluding steroid dienone is 2. The maximum Gasteiger partial charge on any atom is 0.0215 e. The summed E-state index contributed by atoms with van der Waals surface area (Å²) < 4.78 is 0. The molecule has 0 aromatic heterocycles. The van der Waals surface area contributed by atoms with Crippen molar-refractivity contribution in [2.45, 2.75) is 50.5 Å². The van der Waals surface area contributed by atoms with E-state index in [9.17, 15) is 0 Å². The molecule has 0 aliphatic heterocycles. The molecule has 0 saturated heterocycles. The molecular weight excluding hydrogens is 158 g/mol. The van der Waals surface area contributed by atoms with Gasteiger partial charge in [0.05, 0.1) is 0 Å². The summed E-state index contributed by atoms with van der Waals surface area (Å²) in [5.74, 6) is 0.921. The molecule has 1 nitrogen and oxygen atoms in total. The van der Waals surface area contributed by atoms with E-state index in [1.165, 1.54) is 44.9 Å². The maximum atomic E-state index is 6.39. The van der Waals surface area contributed by atoms with E-state index < -0.39 is 0 Å². The van der Waals surface area contributed by atoms with E-state index in [1.807, 2.05) is 0 Å². The maximum absolute atomic E-state index is 6.39. The molecule has 2 fully saturated rings. The largest absolute Gasteiger partial charge is 0.325 e. The summed E-state index contributed by atoms with van der Waals surface area (Å²) in [7, 11) is 0. The van der Waals surface area contributed by atoms with Gasteiger partial charge in [0.2, 0.25) is 0 Å². The van der Waals surface area contributed by atoms with Gasteiger partial charge in [-0.1, -0.05) is 12.2 Å². The van der Waals surface area contributed by atoms with Crippen molar-refractivity contribution in [1.82, 2.24) is 0 Å². The highest BCUT2D eigenvalue weighted by atomic mass is 14.9. The normalized spacial score (nSPS) is 38.7. The number of rotatable bonds is 2. The van der Waals surface area contributed by atoms with Gasteiger partial charge in [-0.15, -0.1) is 0 Å². The molecule has 0 aromatic carbocycles. The lowest BCUT2D eigenvalue weighted by Gasteiger charge is -2.33. The van der Waals surface area contributed by atoms with Crippen molar-refractivity contribution in [3.63, 3.8) is 0 Å². The molecule has 0 amide bonds. The average Bonchev–Trinajstić information content (AvgIpc) is 3.01. The van der Waals surface area contributed by atoms with Crippen LogP contribution in [0.3, 0.4) is 0 Å². The number of hydrogen-bond donors (Lipinski definition) is 1. The Labute approximate surface area is 80.4 Å². The van der Waals surface area contributed by atoms with Gasteiger partial charge in [-0.2, -0.15) is 0 Å². The van der Waals surface area contributed by atoms with E-state index in [2.05, 4.69) is 12.2 Å². The van der Waals surface area contributed by atoms with E-state index in [1.54, 1.807) is 0 Å². The first-order valence-electron chi connectivity index (χ1n) is 5.71. The molecule has 1 heteroatoms. The van der Waals surface area contributed by atoms with Gasteiger partial charge < -0.3 is 5.73 Å². The molecule has 2 saturated carbocycles. The van der Waals surface area contributed by atoms with E-state index >= 15 is 0 Å². The monoisotopic (exact) mass is 177 g/mol. The first kappa shape index (κ1) is 8.05. The Kier molecular flexibility index (Phi) is 1.48. The van der Waals surface area contributed by atoms with Crippen LogP contribution in [0.1, 0.15) is 44.9 Å². The predicted octanol–water partition coefficient (Wildman–Crippen LogP) is 2.61.